The molecule has 226 valence electrons. The molecule has 3 amide bonds. The van der Waals surface area contributed by atoms with Crippen molar-refractivity contribution in [2.45, 2.75) is 103 Å². The van der Waals surface area contributed by atoms with Gasteiger partial charge in [-0.05, 0) is 57.8 Å². The number of carbonyl (C=O) groups is 5. The SMILES string of the molecule is CCC(C)(CCOCCC(=O)NCCCC[C@H](NC(=O)N[C@@H](CCC(=O)O)C(=O)O)C(=O)O)OCCC(C)C. The van der Waals surface area contributed by atoms with E-state index in [4.69, 9.17) is 19.7 Å². The molecule has 0 radical (unpaired) electrons. The Balaban J connectivity index is 4.18. The Hall–Kier alpha value is -2.93. The standard InChI is InChI=1S/C26H47N3O10/c1-5-26(4,39-16-11-18(2)3)13-17-38-15-12-21(30)27-14-7-6-8-19(23(33)34)28-25(37)29-20(24(35)36)9-10-22(31)32/h18-20H,5-17H2,1-4H3,(H,27,30)(H,31,32)(H,33,34)(H,35,36)(H2,28,29,37)/t19-,20-,26?/m0/s1. The first-order valence-electron chi connectivity index (χ1n) is 13.5. The molecule has 6 N–H and O–H groups in total. The van der Waals surface area contributed by atoms with Crippen LogP contribution in [0.3, 0.4) is 0 Å². The lowest BCUT2D eigenvalue weighted by atomic mass is 9.99. The molecule has 0 aliphatic rings. The van der Waals surface area contributed by atoms with Gasteiger partial charge < -0.3 is 40.7 Å². The van der Waals surface area contributed by atoms with E-state index in [9.17, 15) is 29.1 Å². The van der Waals surface area contributed by atoms with Gasteiger partial charge in [0.1, 0.15) is 12.1 Å². The molecule has 0 heterocycles. The molecular weight excluding hydrogens is 514 g/mol. The molecule has 0 spiro atoms. The average Bonchev–Trinajstić information content (AvgIpc) is 2.84. The maximum atomic E-state index is 12.0. The number of carboxylic acid groups (broad SMARTS) is 3. The molecule has 3 atom stereocenters. The second-order valence-corrected chi connectivity index (χ2v) is 10.1. The molecule has 0 saturated heterocycles. The fraction of sp³-hybridized carbons (Fsp3) is 0.808. The van der Waals surface area contributed by atoms with Crippen molar-refractivity contribution in [3.05, 3.63) is 0 Å². The van der Waals surface area contributed by atoms with Gasteiger partial charge in [-0.15, -0.1) is 0 Å². The zero-order valence-corrected chi connectivity index (χ0v) is 23.6. The van der Waals surface area contributed by atoms with Crippen LogP contribution < -0.4 is 16.0 Å². The fourth-order valence-corrected chi connectivity index (χ4v) is 3.38. The van der Waals surface area contributed by atoms with E-state index in [0.29, 0.717) is 38.5 Å². The summed E-state index contributed by atoms with van der Waals surface area (Å²) in [5.74, 6) is -3.55. The summed E-state index contributed by atoms with van der Waals surface area (Å²) in [5.41, 5.74) is -0.251. The summed E-state index contributed by atoms with van der Waals surface area (Å²) in [4.78, 5) is 57.3. The molecule has 0 rings (SSSR count). The summed E-state index contributed by atoms with van der Waals surface area (Å²) in [7, 11) is 0. The van der Waals surface area contributed by atoms with Crippen molar-refractivity contribution < 1.29 is 48.8 Å². The molecule has 0 aromatic heterocycles. The number of amides is 3. The number of carboxylic acids is 3. The Kier molecular flexibility index (Phi) is 18.5. The predicted octanol–water partition coefficient (Wildman–Crippen LogP) is 2.37. The van der Waals surface area contributed by atoms with Gasteiger partial charge in [0.25, 0.3) is 0 Å². The maximum absolute atomic E-state index is 12.0. The topological polar surface area (TPSA) is 201 Å². The van der Waals surface area contributed by atoms with Crippen LogP contribution in [0.4, 0.5) is 4.79 Å². The van der Waals surface area contributed by atoms with Gasteiger partial charge in [-0.3, -0.25) is 9.59 Å². The highest BCUT2D eigenvalue weighted by Crippen LogP contribution is 2.21. The molecule has 0 aliphatic heterocycles. The number of rotatable bonds is 23. The van der Waals surface area contributed by atoms with Crippen molar-refractivity contribution in [2.24, 2.45) is 5.92 Å². The van der Waals surface area contributed by atoms with Crippen LogP contribution in [0.5, 0.6) is 0 Å². The largest absolute Gasteiger partial charge is 0.481 e. The van der Waals surface area contributed by atoms with Gasteiger partial charge in [0, 0.05) is 32.6 Å². The normalized spacial score (nSPS) is 14.2. The van der Waals surface area contributed by atoms with E-state index in [1.54, 1.807) is 0 Å². The zero-order valence-electron chi connectivity index (χ0n) is 23.6. The quantitative estimate of drug-likeness (QED) is 0.101. The van der Waals surface area contributed by atoms with E-state index in [1.807, 2.05) is 0 Å². The molecule has 0 bridgehead atoms. The Morgan fingerprint density at radius 2 is 1.44 bits per heavy atom. The maximum Gasteiger partial charge on any atom is 0.326 e. The van der Waals surface area contributed by atoms with Crippen LogP contribution in [-0.4, -0.2) is 89.2 Å². The summed E-state index contributed by atoms with van der Waals surface area (Å²) in [6.45, 7) is 10.3. The number of urea groups is 1. The van der Waals surface area contributed by atoms with Crippen LogP contribution in [0.2, 0.25) is 0 Å². The van der Waals surface area contributed by atoms with Crippen LogP contribution >= 0.6 is 0 Å². The third-order valence-electron chi connectivity index (χ3n) is 6.24. The van der Waals surface area contributed by atoms with Crippen molar-refractivity contribution in [1.82, 2.24) is 16.0 Å². The van der Waals surface area contributed by atoms with Gasteiger partial charge in [-0.2, -0.15) is 0 Å². The molecule has 0 aromatic rings. The van der Waals surface area contributed by atoms with E-state index in [2.05, 4.69) is 43.6 Å². The minimum absolute atomic E-state index is 0.0596. The molecule has 0 aromatic carbocycles. The monoisotopic (exact) mass is 561 g/mol. The first-order chi connectivity index (χ1) is 18.3. The third-order valence-corrected chi connectivity index (χ3v) is 6.24. The van der Waals surface area contributed by atoms with Crippen molar-refractivity contribution >= 4 is 29.8 Å². The van der Waals surface area contributed by atoms with Crippen molar-refractivity contribution in [2.75, 3.05) is 26.4 Å². The Bertz CT molecular complexity index is 777. The minimum atomic E-state index is -1.46. The van der Waals surface area contributed by atoms with Crippen LogP contribution in [0.1, 0.15) is 85.5 Å². The number of ether oxygens (including phenoxy) is 2. The van der Waals surface area contributed by atoms with E-state index >= 15 is 0 Å². The van der Waals surface area contributed by atoms with E-state index in [-0.39, 0.29) is 37.4 Å². The van der Waals surface area contributed by atoms with Crippen LogP contribution in [-0.2, 0) is 28.7 Å². The second-order valence-electron chi connectivity index (χ2n) is 10.1. The van der Waals surface area contributed by atoms with Crippen LogP contribution in [0.15, 0.2) is 0 Å². The van der Waals surface area contributed by atoms with Crippen molar-refractivity contribution in [3.8, 4) is 0 Å². The molecule has 0 saturated carbocycles. The lowest BCUT2D eigenvalue weighted by Crippen LogP contribution is -2.51. The number of hydrogen-bond donors (Lipinski definition) is 6. The zero-order chi connectivity index (χ0) is 29.8. The van der Waals surface area contributed by atoms with Crippen molar-refractivity contribution in [1.29, 1.82) is 0 Å². The second kappa shape index (κ2) is 20.0. The number of aliphatic carboxylic acids is 3. The number of unbranched alkanes of at least 4 members (excludes halogenated alkanes) is 1. The van der Waals surface area contributed by atoms with Gasteiger partial charge in [0.05, 0.1) is 12.2 Å². The van der Waals surface area contributed by atoms with E-state index < -0.39 is 42.4 Å². The lowest BCUT2D eigenvalue weighted by molar-refractivity contribution is -0.140. The molecular formula is C26H47N3O10. The van der Waals surface area contributed by atoms with Gasteiger partial charge in [-0.25, -0.2) is 14.4 Å². The van der Waals surface area contributed by atoms with Crippen LogP contribution in [0.25, 0.3) is 0 Å². The molecule has 1 unspecified atom stereocenters. The molecule has 13 heteroatoms. The number of carbonyl (C=O) groups excluding carboxylic acids is 2. The highest BCUT2D eigenvalue weighted by atomic mass is 16.5. The first kappa shape index (κ1) is 36.1. The summed E-state index contributed by atoms with van der Waals surface area (Å²) < 4.78 is 11.6. The third kappa shape index (κ3) is 18.9. The first-order valence-corrected chi connectivity index (χ1v) is 13.5. The Morgan fingerprint density at radius 3 is 1.97 bits per heavy atom. The Morgan fingerprint density at radius 1 is 0.821 bits per heavy atom. The summed E-state index contributed by atoms with van der Waals surface area (Å²) in [6, 6.07) is -3.75. The van der Waals surface area contributed by atoms with Gasteiger partial charge in [0.2, 0.25) is 5.91 Å². The minimum Gasteiger partial charge on any atom is -0.481 e. The highest BCUT2D eigenvalue weighted by Gasteiger charge is 2.25. The van der Waals surface area contributed by atoms with Gasteiger partial charge in [-0.1, -0.05) is 20.8 Å². The average molecular weight is 562 g/mol. The molecule has 39 heavy (non-hydrogen) atoms. The lowest BCUT2D eigenvalue weighted by Gasteiger charge is -2.29. The summed E-state index contributed by atoms with van der Waals surface area (Å²) >= 11 is 0. The molecule has 13 nitrogen and oxygen atoms in total. The predicted molar refractivity (Wildman–Crippen MR) is 142 cm³/mol. The van der Waals surface area contributed by atoms with Gasteiger partial charge >= 0.3 is 23.9 Å². The summed E-state index contributed by atoms with van der Waals surface area (Å²) in [6.07, 6.45) is 2.90. The molecule has 0 fully saturated rings. The van der Waals surface area contributed by atoms with Crippen LogP contribution in [0, 0.1) is 5.92 Å². The highest BCUT2D eigenvalue weighted by molar-refractivity contribution is 5.86. The summed E-state index contributed by atoms with van der Waals surface area (Å²) in [5, 5.41) is 34.1. The Labute approximate surface area is 230 Å². The number of nitrogens with one attached hydrogen (secondary N) is 3. The van der Waals surface area contributed by atoms with E-state index in [0.717, 1.165) is 19.3 Å². The molecule has 0 aliphatic carbocycles. The number of hydrogen-bond acceptors (Lipinski definition) is 7. The van der Waals surface area contributed by atoms with E-state index in [1.165, 1.54) is 0 Å². The van der Waals surface area contributed by atoms with Gasteiger partial charge in [0.15, 0.2) is 0 Å². The smallest absolute Gasteiger partial charge is 0.326 e. The van der Waals surface area contributed by atoms with Crippen molar-refractivity contribution in [3.63, 3.8) is 0 Å². The fourth-order valence-electron chi connectivity index (χ4n) is 3.38.